The van der Waals surface area contributed by atoms with Crippen LogP contribution in [-0.2, 0) is 17.7 Å². The molecule has 1 saturated heterocycles. The van der Waals surface area contributed by atoms with Crippen LogP contribution in [0.2, 0.25) is 0 Å². The molecule has 1 fully saturated rings. The van der Waals surface area contributed by atoms with Gasteiger partial charge in [0.15, 0.2) is 17.2 Å². The molecule has 12 heteroatoms. The van der Waals surface area contributed by atoms with Crippen LogP contribution in [0.15, 0.2) is 47.5 Å². The van der Waals surface area contributed by atoms with E-state index >= 15 is 0 Å². The van der Waals surface area contributed by atoms with Crippen molar-refractivity contribution in [2.75, 3.05) is 32.3 Å². The third kappa shape index (κ3) is 6.06. The van der Waals surface area contributed by atoms with Crippen LogP contribution in [0.3, 0.4) is 0 Å². The summed E-state index contributed by atoms with van der Waals surface area (Å²) < 4.78 is 23.5. The maximum Gasteiger partial charge on any atom is 0.511 e. The van der Waals surface area contributed by atoms with Gasteiger partial charge in [-0.15, -0.1) is 0 Å². The Morgan fingerprint density at radius 3 is 2.69 bits per heavy atom. The SMILES string of the molecule is COc1cc(Cc2cnc(N)nc2N)cc(C#Cc2ccc3c(=O)c(OC(=O)O)cn(CC4CCCO4)c3c2)c1OC. The Morgan fingerprint density at radius 1 is 1.17 bits per heavy atom. The first-order chi connectivity index (χ1) is 20.2. The van der Waals surface area contributed by atoms with E-state index in [0.29, 0.717) is 58.7 Å². The number of carboxylic acid groups (broad SMARTS) is 1. The van der Waals surface area contributed by atoms with Crippen molar-refractivity contribution in [1.29, 1.82) is 0 Å². The monoisotopic (exact) mass is 571 g/mol. The molecule has 0 spiro atoms. The van der Waals surface area contributed by atoms with Crippen molar-refractivity contribution >= 4 is 28.8 Å². The molecule has 2 aromatic carbocycles. The molecule has 3 heterocycles. The van der Waals surface area contributed by atoms with Gasteiger partial charge in [0.2, 0.25) is 11.4 Å². The topological polar surface area (TPSA) is 174 Å². The Kier molecular flexibility index (Phi) is 8.12. The number of anilines is 2. The molecular weight excluding hydrogens is 542 g/mol. The molecule has 1 unspecified atom stereocenters. The molecule has 0 saturated carbocycles. The Bertz CT molecular complexity index is 1790. The maximum atomic E-state index is 13.0. The van der Waals surface area contributed by atoms with Crippen molar-refractivity contribution in [1.82, 2.24) is 14.5 Å². The Hall–Kier alpha value is -5.28. The van der Waals surface area contributed by atoms with Gasteiger partial charge in [0.05, 0.1) is 37.6 Å². The summed E-state index contributed by atoms with van der Waals surface area (Å²) in [5, 5.41) is 9.42. The van der Waals surface area contributed by atoms with Crippen molar-refractivity contribution in [2.24, 2.45) is 0 Å². The standard InChI is InChI=1S/C30H29N5O7/c1-39-24-13-18(11-20-14-33-29(32)34-28(20)31)10-19(27(24)40-2)7-5-17-6-8-22-23(12-17)35(15-21-4-3-9-41-21)16-25(26(22)36)42-30(37)38/h6,8,10,12-14,16,21H,3-4,9,11,15H2,1-2H3,(H,37,38)(H4,31,32,33,34). The van der Waals surface area contributed by atoms with E-state index < -0.39 is 11.6 Å². The van der Waals surface area contributed by atoms with E-state index in [0.717, 1.165) is 18.4 Å². The Morgan fingerprint density at radius 2 is 2.00 bits per heavy atom. The molecular formula is C30H29N5O7. The molecule has 5 N–H and O–H groups in total. The maximum absolute atomic E-state index is 13.0. The van der Waals surface area contributed by atoms with Gasteiger partial charge in [-0.25, -0.2) is 9.78 Å². The Labute approximate surface area is 240 Å². The summed E-state index contributed by atoms with van der Waals surface area (Å²) in [5.41, 5.74) is 14.5. The third-order valence-corrected chi connectivity index (χ3v) is 6.86. The minimum atomic E-state index is -1.56. The van der Waals surface area contributed by atoms with Gasteiger partial charge in [0.25, 0.3) is 0 Å². The van der Waals surface area contributed by atoms with Crippen molar-refractivity contribution in [3.63, 3.8) is 0 Å². The molecule has 0 radical (unpaired) electrons. The molecule has 1 aliphatic rings. The lowest BCUT2D eigenvalue weighted by Crippen LogP contribution is -2.20. The van der Waals surface area contributed by atoms with E-state index in [1.165, 1.54) is 13.3 Å². The average Bonchev–Trinajstić information content (AvgIpc) is 3.48. The highest BCUT2D eigenvalue weighted by molar-refractivity contribution is 5.82. The van der Waals surface area contributed by atoms with Gasteiger partial charge in [-0.1, -0.05) is 11.8 Å². The first kappa shape index (κ1) is 28.3. The van der Waals surface area contributed by atoms with E-state index in [4.69, 9.17) is 35.5 Å². The fraction of sp³-hybridized carbons (Fsp3) is 0.267. The molecule has 5 rings (SSSR count). The van der Waals surface area contributed by atoms with Gasteiger partial charge in [0, 0.05) is 42.3 Å². The molecule has 12 nitrogen and oxygen atoms in total. The normalized spacial score (nSPS) is 14.3. The number of pyridine rings is 1. The number of nitrogens with zero attached hydrogens (tertiary/aromatic N) is 3. The van der Waals surface area contributed by atoms with Crippen LogP contribution in [0.25, 0.3) is 10.9 Å². The highest BCUT2D eigenvalue weighted by atomic mass is 16.7. The van der Waals surface area contributed by atoms with Crippen molar-refractivity contribution in [3.05, 3.63) is 75.2 Å². The van der Waals surface area contributed by atoms with Crippen LogP contribution in [0.1, 0.15) is 35.1 Å². The second-order valence-corrected chi connectivity index (χ2v) is 9.65. The molecule has 0 amide bonds. The second-order valence-electron chi connectivity index (χ2n) is 9.65. The summed E-state index contributed by atoms with van der Waals surface area (Å²) in [6.45, 7) is 1.08. The number of ether oxygens (including phenoxy) is 4. The number of hydrogen-bond donors (Lipinski definition) is 3. The number of hydrogen-bond acceptors (Lipinski definition) is 10. The number of benzene rings is 2. The zero-order valence-electron chi connectivity index (χ0n) is 23.0. The number of fused-ring (bicyclic) bond motifs is 1. The fourth-order valence-electron chi connectivity index (χ4n) is 4.91. The first-order valence-corrected chi connectivity index (χ1v) is 13.1. The van der Waals surface area contributed by atoms with Gasteiger partial charge in [0.1, 0.15) is 5.82 Å². The van der Waals surface area contributed by atoms with E-state index in [1.54, 1.807) is 36.1 Å². The lowest BCUT2D eigenvalue weighted by Gasteiger charge is -2.16. The molecule has 2 aromatic heterocycles. The third-order valence-electron chi connectivity index (χ3n) is 6.86. The number of rotatable bonds is 7. The van der Waals surface area contributed by atoms with E-state index in [9.17, 15) is 9.59 Å². The van der Waals surface area contributed by atoms with E-state index in [2.05, 4.69) is 21.8 Å². The summed E-state index contributed by atoms with van der Waals surface area (Å²) in [5.74, 6) is 7.37. The van der Waals surface area contributed by atoms with Gasteiger partial charge in [-0.05, 0) is 48.7 Å². The van der Waals surface area contributed by atoms with Crippen molar-refractivity contribution < 1.29 is 28.8 Å². The number of nitrogen functional groups attached to an aromatic ring is 2. The van der Waals surface area contributed by atoms with Crippen LogP contribution in [0, 0.1) is 11.8 Å². The molecule has 4 aromatic rings. The first-order valence-electron chi connectivity index (χ1n) is 13.1. The van der Waals surface area contributed by atoms with Gasteiger partial charge in [-0.3, -0.25) is 4.79 Å². The number of nitrogens with two attached hydrogens (primary N) is 2. The van der Waals surface area contributed by atoms with Crippen LogP contribution in [0.4, 0.5) is 16.6 Å². The minimum Gasteiger partial charge on any atom is -0.493 e. The largest absolute Gasteiger partial charge is 0.511 e. The van der Waals surface area contributed by atoms with Gasteiger partial charge in [-0.2, -0.15) is 4.98 Å². The minimum absolute atomic E-state index is 0.0666. The van der Waals surface area contributed by atoms with Crippen LogP contribution < -0.4 is 31.1 Å². The lowest BCUT2D eigenvalue weighted by atomic mass is 10.0. The molecule has 1 aliphatic heterocycles. The summed E-state index contributed by atoms with van der Waals surface area (Å²) in [6.07, 6.45) is 3.56. The molecule has 216 valence electrons. The molecule has 42 heavy (non-hydrogen) atoms. The number of aromatic nitrogens is 3. The summed E-state index contributed by atoms with van der Waals surface area (Å²) in [4.78, 5) is 32.3. The smallest absolute Gasteiger partial charge is 0.493 e. The summed E-state index contributed by atoms with van der Waals surface area (Å²) >= 11 is 0. The summed E-state index contributed by atoms with van der Waals surface area (Å²) in [7, 11) is 3.07. The molecule has 1 atom stereocenters. The van der Waals surface area contributed by atoms with Crippen LogP contribution >= 0.6 is 0 Å². The zero-order valence-corrected chi connectivity index (χ0v) is 23.0. The highest BCUT2D eigenvalue weighted by Gasteiger charge is 2.20. The Balaban J connectivity index is 1.56. The number of methoxy groups -OCH3 is 2. The van der Waals surface area contributed by atoms with E-state index in [1.807, 2.05) is 12.1 Å². The fourth-order valence-corrected chi connectivity index (χ4v) is 4.91. The van der Waals surface area contributed by atoms with Gasteiger partial charge < -0.3 is 40.1 Å². The van der Waals surface area contributed by atoms with Gasteiger partial charge >= 0.3 is 6.16 Å². The lowest BCUT2D eigenvalue weighted by molar-refractivity contribution is 0.0976. The van der Waals surface area contributed by atoms with Crippen LogP contribution in [0.5, 0.6) is 17.2 Å². The summed E-state index contributed by atoms with van der Waals surface area (Å²) in [6, 6.07) is 8.78. The molecule has 0 bridgehead atoms. The average molecular weight is 572 g/mol. The number of carbonyl (C=O) groups is 1. The second kappa shape index (κ2) is 12.1. The predicted molar refractivity (Wildman–Crippen MR) is 155 cm³/mol. The zero-order chi connectivity index (χ0) is 29.8. The van der Waals surface area contributed by atoms with Crippen molar-refractivity contribution in [3.8, 4) is 29.1 Å². The van der Waals surface area contributed by atoms with Crippen LogP contribution in [-0.4, -0.2) is 52.7 Å². The van der Waals surface area contributed by atoms with E-state index in [-0.39, 0.29) is 23.6 Å². The quantitative estimate of drug-likeness (QED) is 0.219. The predicted octanol–water partition coefficient (Wildman–Crippen LogP) is 3.20. The molecule has 0 aliphatic carbocycles. The van der Waals surface area contributed by atoms with Crippen molar-refractivity contribution in [2.45, 2.75) is 31.9 Å². The highest BCUT2D eigenvalue weighted by Crippen LogP contribution is 2.33.